The Morgan fingerprint density at radius 3 is 2.81 bits per heavy atom. The second-order valence-electron chi connectivity index (χ2n) is 7.70. The largest absolute Gasteiger partial charge is 0.351 e. The first-order chi connectivity index (χ1) is 12.9. The lowest BCUT2D eigenvalue weighted by Crippen LogP contribution is -2.21. The monoisotopic (exact) mass is 368 g/mol. The van der Waals surface area contributed by atoms with Crippen molar-refractivity contribution in [2.75, 3.05) is 5.32 Å². The first-order valence-electron chi connectivity index (χ1n) is 9.44. The molecule has 1 aliphatic carbocycles. The number of hydrogen-bond acceptors (Lipinski definition) is 5. The van der Waals surface area contributed by atoms with Crippen molar-refractivity contribution in [3.63, 3.8) is 0 Å². The molecule has 0 radical (unpaired) electrons. The van der Waals surface area contributed by atoms with Crippen LogP contribution in [-0.4, -0.2) is 31.8 Å². The van der Waals surface area contributed by atoms with Crippen molar-refractivity contribution in [3.05, 3.63) is 35.9 Å². The molecule has 0 spiro atoms. The van der Waals surface area contributed by atoms with E-state index in [2.05, 4.69) is 34.2 Å². The highest BCUT2D eigenvalue weighted by molar-refractivity contribution is 5.87. The third-order valence-corrected chi connectivity index (χ3v) is 5.24. The molecule has 3 N–H and O–H groups in total. The number of anilines is 1. The summed E-state index contributed by atoms with van der Waals surface area (Å²) in [5.41, 5.74) is 8.81. The van der Waals surface area contributed by atoms with E-state index in [0.29, 0.717) is 23.2 Å². The molecule has 0 bridgehead atoms. The summed E-state index contributed by atoms with van der Waals surface area (Å²) in [6, 6.07) is 5.80. The normalized spacial score (nSPS) is 19.9. The lowest BCUT2D eigenvalue weighted by molar-refractivity contribution is 0.629. The number of fused-ring (bicyclic) bond motifs is 1. The van der Waals surface area contributed by atoms with Gasteiger partial charge in [-0.15, -0.1) is 0 Å². The van der Waals surface area contributed by atoms with E-state index in [4.69, 9.17) is 5.73 Å². The molecule has 2 atom stereocenters. The zero-order valence-electron chi connectivity index (χ0n) is 15.9. The molecule has 0 unspecified atom stereocenters. The molecule has 1 saturated carbocycles. The van der Waals surface area contributed by atoms with Crippen LogP contribution in [-0.2, 0) is 7.05 Å². The Morgan fingerprint density at radius 1 is 1.30 bits per heavy atom. The van der Waals surface area contributed by atoms with Crippen LogP contribution in [0.1, 0.15) is 44.7 Å². The van der Waals surface area contributed by atoms with Gasteiger partial charge in [0.2, 0.25) is 5.95 Å². The van der Waals surface area contributed by atoms with Gasteiger partial charge < -0.3 is 11.1 Å². The summed E-state index contributed by atoms with van der Waals surface area (Å²) in [6.07, 6.45) is 4.65. The van der Waals surface area contributed by atoms with Crippen LogP contribution in [0, 0.1) is 5.82 Å². The molecule has 0 aliphatic heterocycles. The lowest BCUT2D eigenvalue weighted by Gasteiger charge is -2.13. The number of rotatable bonds is 4. The van der Waals surface area contributed by atoms with Gasteiger partial charge in [-0.2, -0.15) is 5.10 Å². The van der Waals surface area contributed by atoms with Crippen LogP contribution >= 0.6 is 0 Å². The highest BCUT2D eigenvalue weighted by Gasteiger charge is 2.22. The molecule has 1 fully saturated rings. The third kappa shape index (κ3) is 3.39. The smallest absolute Gasteiger partial charge is 0.223 e. The average Bonchev–Trinajstić information content (AvgIpc) is 3.17. The predicted molar refractivity (Wildman–Crippen MR) is 105 cm³/mol. The predicted octanol–water partition coefficient (Wildman–Crippen LogP) is 3.58. The quantitative estimate of drug-likeness (QED) is 0.735. The van der Waals surface area contributed by atoms with Crippen LogP contribution < -0.4 is 11.1 Å². The summed E-state index contributed by atoms with van der Waals surface area (Å²) >= 11 is 0. The number of nitrogens with one attached hydrogen (secondary N) is 1. The zero-order chi connectivity index (χ0) is 19.1. The van der Waals surface area contributed by atoms with Gasteiger partial charge in [-0.05, 0) is 43.4 Å². The van der Waals surface area contributed by atoms with E-state index in [-0.39, 0.29) is 17.8 Å². The minimum Gasteiger partial charge on any atom is -0.351 e. The number of halogens is 1. The van der Waals surface area contributed by atoms with Crippen LogP contribution in [0.3, 0.4) is 0 Å². The zero-order valence-corrected chi connectivity index (χ0v) is 15.9. The molecule has 0 saturated heterocycles. The molecular weight excluding hydrogens is 343 g/mol. The van der Waals surface area contributed by atoms with Crippen molar-refractivity contribution >= 4 is 16.9 Å². The van der Waals surface area contributed by atoms with Gasteiger partial charge in [0.15, 0.2) is 5.82 Å². The van der Waals surface area contributed by atoms with Gasteiger partial charge in [0, 0.05) is 42.0 Å². The van der Waals surface area contributed by atoms with Crippen molar-refractivity contribution in [2.24, 2.45) is 12.8 Å². The second-order valence-corrected chi connectivity index (χ2v) is 7.70. The maximum Gasteiger partial charge on any atom is 0.223 e. The number of hydrogen-bond donors (Lipinski definition) is 2. The number of nitrogens with two attached hydrogens (primary N) is 1. The number of nitrogens with zero attached hydrogens (tertiary/aromatic N) is 4. The molecule has 3 aromatic rings. The molecule has 6 nitrogen and oxygen atoms in total. The van der Waals surface area contributed by atoms with Gasteiger partial charge in [0.1, 0.15) is 5.52 Å². The third-order valence-electron chi connectivity index (χ3n) is 5.24. The van der Waals surface area contributed by atoms with E-state index >= 15 is 0 Å². The topological polar surface area (TPSA) is 81.7 Å². The molecule has 0 amide bonds. The Balaban J connectivity index is 1.71. The molecular formula is C20H25FN6. The molecule has 4 rings (SSSR count). The van der Waals surface area contributed by atoms with E-state index in [9.17, 15) is 4.39 Å². The van der Waals surface area contributed by atoms with Crippen molar-refractivity contribution < 1.29 is 4.39 Å². The number of aryl methyl sites for hydroxylation is 1. The summed E-state index contributed by atoms with van der Waals surface area (Å²) in [4.78, 5) is 8.92. The maximum absolute atomic E-state index is 14.7. The fourth-order valence-corrected chi connectivity index (χ4v) is 4.03. The summed E-state index contributed by atoms with van der Waals surface area (Å²) in [7, 11) is 1.85. The van der Waals surface area contributed by atoms with Gasteiger partial charge >= 0.3 is 0 Å². The standard InChI is InChI=1S/C20H25FN6/c1-11(2)19-15-8-12(9-16(21)18(15)26-27(19)3)17-6-7-23-20(25-17)24-14-5-4-13(22)10-14/h6-9,11,13-14H,4-5,10,22H2,1-3H3,(H,23,24,25)/t13-,14-/m0/s1. The number of benzene rings is 1. The maximum atomic E-state index is 14.7. The molecule has 1 aromatic carbocycles. The van der Waals surface area contributed by atoms with E-state index in [1.165, 1.54) is 6.07 Å². The van der Waals surface area contributed by atoms with Crippen LogP contribution in [0.2, 0.25) is 0 Å². The Morgan fingerprint density at radius 2 is 2.11 bits per heavy atom. The fraction of sp³-hybridized carbons (Fsp3) is 0.450. The summed E-state index contributed by atoms with van der Waals surface area (Å²) < 4.78 is 16.5. The molecule has 27 heavy (non-hydrogen) atoms. The van der Waals surface area contributed by atoms with Crippen LogP contribution in [0.25, 0.3) is 22.2 Å². The van der Waals surface area contributed by atoms with Gasteiger partial charge in [-0.3, -0.25) is 4.68 Å². The Bertz CT molecular complexity index is 980. The van der Waals surface area contributed by atoms with Gasteiger partial charge in [-0.25, -0.2) is 14.4 Å². The van der Waals surface area contributed by atoms with Crippen LogP contribution in [0.4, 0.5) is 10.3 Å². The second kappa shape index (κ2) is 6.88. The molecule has 2 heterocycles. The highest BCUT2D eigenvalue weighted by Crippen LogP contribution is 2.31. The van der Waals surface area contributed by atoms with Crippen molar-refractivity contribution in [1.29, 1.82) is 0 Å². The molecule has 7 heteroatoms. The first-order valence-corrected chi connectivity index (χ1v) is 9.44. The van der Waals surface area contributed by atoms with E-state index < -0.39 is 0 Å². The Hall–Kier alpha value is -2.54. The first kappa shape index (κ1) is 17.9. The average molecular weight is 368 g/mol. The van der Waals surface area contributed by atoms with Crippen LogP contribution in [0.15, 0.2) is 24.4 Å². The van der Waals surface area contributed by atoms with Crippen molar-refractivity contribution in [1.82, 2.24) is 19.7 Å². The van der Waals surface area contributed by atoms with E-state index in [0.717, 1.165) is 35.9 Å². The summed E-state index contributed by atoms with van der Waals surface area (Å²) in [6.45, 7) is 4.17. The van der Waals surface area contributed by atoms with Crippen molar-refractivity contribution in [2.45, 2.75) is 51.1 Å². The minimum atomic E-state index is -0.333. The molecule has 1 aliphatic rings. The lowest BCUT2D eigenvalue weighted by atomic mass is 10.0. The van der Waals surface area contributed by atoms with Gasteiger partial charge in [0.25, 0.3) is 0 Å². The summed E-state index contributed by atoms with van der Waals surface area (Å²) in [5.74, 6) is 0.464. The molecule has 2 aromatic heterocycles. The van der Waals surface area contributed by atoms with E-state index in [1.54, 1.807) is 16.9 Å². The van der Waals surface area contributed by atoms with Gasteiger partial charge in [0.05, 0.1) is 5.69 Å². The van der Waals surface area contributed by atoms with E-state index in [1.807, 2.05) is 13.1 Å². The summed E-state index contributed by atoms with van der Waals surface area (Å²) in [5, 5.41) is 8.53. The Kier molecular flexibility index (Phi) is 4.55. The van der Waals surface area contributed by atoms with Crippen molar-refractivity contribution in [3.8, 4) is 11.3 Å². The fourth-order valence-electron chi connectivity index (χ4n) is 4.03. The SMILES string of the molecule is CC(C)c1c2cc(-c3ccnc(N[C@H]4CC[C@H](N)C4)n3)cc(F)c2nn1C. The molecule has 142 valence electrons. The van der Waals surface area contributed by atoms with Gasteiger partial charge in [-0.1, -0.05) is 13.8 Å². The minimum absolute atomic E-state index is 0.238. The number of aromatic nitrogens is 4. The highest BCUT2D eigenvalue weighted by atomic mass is 19.1. The Labute approximate surface area is 158 Å². The van der Waals surface area contributed by atoms with Crippen LogP contribution in [0.5, 0.6) is 0 Å².